The van der Waals surface area contributed by atoms with Crippen LogP contribution >= 0.6 is 11.8 Å². The average molecular weight is 256 g/mol. The zero-order valence-corrected chi connectivity index (χ0v) is 9.93. The number of amides is 1. The highest BCUT2D eigenvalue weighted by atomic mass is 32.2. The summed E-state index contributed by atoms with van der Waals surface area (Å²) in [6.07, 6.45) is 0. The molecule has 3 N–H and O–H groups in total. The summed E-state index contributed by atoms with van der Waals surface area (Å²) in [5.74, 6) is -0.418. The summed E-state index contributed by atoms with van der Waals surface area (Å²) in [6, 6.07) is 4.09. The van der Waals surface area contributed by atoms with E-state index in [4.69, 9.17) is 10.5 Å². The molecule has 6 heteroatoms. The first-order chi connectivity index (χ1) is 8.15. The molecule has 0 saturated carbocycles. The van der Waals surface area contributed by atoms with Crippen LogP contribution in [0.3, 0.4) is 0 Å². The van der Waals surface area contributed by atoms with Crippen molar-refractivity contribution in [2.24, 2.45) is 0 Å². The number of benzene rings is 1. The van der Waals surface area contributed by atoms with Gasteiger partial charge in [0, 0.05) is 5.69 Å². The molecule has 92 valence electrons. The van der Waals surface area contributed by atoms with E-state index in [1.165, 1.54) is 30.0 Å². The number of thioether (sulfide) groups is 1. The van der Waals surface area contributed by atoms with Crippen LogP contribution in [0, 0.1) is 5.82 Å². The predicted octanol–water partition coefficient (Wildman–Crippen LogP) is 1.48. The zero-order chi connectivity index (χ0) is 12.3. The molecule has 0 bridgehead atoms. The number of hydrogen-bond donors (Lipinski definition) is 2. The Kier molecular flexibility index (Phi) is 3.86. The van der Waals surface area contributed by atoms with Crippen molar-refractivity contribution in [3.05, 3.63) is 24.0 Å². The van der Waals surface area contributed by atoms with E-state index in [0.29, 0.717) is 29.9 Å². The van der Waals surface area contributed by atoms with E-state index < -0.39 is 5.82 Å². The fraction of sp³-hybridized carbons (Fsp3) is 0.364. The summed E-state index contributed by atoms with van der Waals surface area (Å²) in [7, 11) is 0. The summed E-state index contributed by atoms with van der Waals surface area (Å²) in [5.41, 5.74) is 6.06. The van der Waals surface area contributed by atoms with Gasteiger partial charge in [0.25, 0.3) is 0 Å². The molecule has 1 aliphatic heterocycles. The molecular weight excluding hydrogens is 243 g/mol. The van der Waals surface area contributed by atoms with Gasteiger partial charge in [-0.2, -0.15) is 0 Å². The van der Waals surface area contributed by atoms with Crippen LogP contribution in [0.4, 0.5) is 15.8 Å². The maximum Gasteiger partial charge on any atom is 0.234 e. The Morgan fingerprint density at radius 3 is 3.00 bits per heavy atom. The quantitative estimate of drug-likeness (QED) is 0.801. The number of nitrogens with one attached hydrogen (secondary N) is 1. The highest BCUT2D eigenvalue weighted by molar-refractivity contribution is 8.00. The van der Waals surface area contributed by atoms with Gasteiger partial charge in [-0.15, -0.1) is 11.8 Å². The van der Waals surface area contributed by atoms with E-state index in [9.17, 15) is 9.18 Å². The second kappa shape index (κ2) is 5.37. The van der Waals surface area contributed by atoms with Crippen LogP contribution in [-0.4, -0.2) is 30.1 Å². The fourth-order valence-corrected chi connectivity index (χ4v) is 2.17. The minimum Gasteiger partial charge on any atom is -0.399 e. The molecule has 0 radical (unpaired) electrons. The number of anilines is 2. The maximum atomic E-state index is 13.3. The molecule has 1 aliphatic rings. The summed E-state index contributed by atoms with van der Waals surface area (Å²) < 4.78 is 18.3. The summed E-state index contributed by atoms with van der Waals surface area (Å²) in [4.78, 5) is 11.5. The minimum absolute atomic E-state index is 0.125. The number of rotatable bonds is 4. The Bertz CT molecular complexity index is 424. The smallest absolute Gasteiger partial charge is 0.234 e. The third-order valence-electron chi connectivity index (χ3n) is 2.32. The summed E-state index contributed by atoms with van der Waals surface area (Å²) in [5, 5.41) is 2.88. The molecule has 0 unspecified atom stereocenters. The van der Waals surface area contributed by atoms with E-state index in [1.807, 2.05) is 0 Å². The molecule has 1 aromatic rings. The molecule has 1 fully saturated rings. The highest BCUT2D eigenvalue weighted by Crippen LogP contribution is 2.20. The standard InChI is InChI=1S/C11H13FN2O2S/c12-9-2-1-7(13)3-10(9)14-11(15)6-17-8-4-16-5-8/h1-3,8H,4-6,13H2,(H,14,15). The lowest BCUT2D eigenvalue weighted by molar-refractivity contribution is -0.113. The Morgan fingerprint density at radius 2 is 2.35 bits per heavy atom. The second-order valence-corrected chi connectivity index (χ2v) is 5.05. The van der Waals surface area contributed by atoms with Crippen molar-refractivity contribution < 1.29 is 13.9 Å². The van der Waals surface area contributed by atoms with Crippen molar-refractivity contribution in [3.8, 4) is 0 Å². The molecule has 2 rings (SSSR count). The van der Waals surface area contributed by atoms with Gasteiger partial charge >= 0.3 is 0 Å². The highest BCUT2D eigenvalue weighted by Gasteiger charge is 2.20. The van der Waals surface area contributed by atoms with Gasteiger partial charge in [-0.05, 0) is 18.2 Å². The third kappa shape index (κ3) is 3.34. The van der Waals surface area contributed by atoms with Gasteiger partial charge in [-0.25, -0.2) is 4.39 Å². The van der Waals surface area contributed by atoms with Gasteiger partial charge in [0.05, 0.1) is 29.9 Å². The Balaban J connectivity index is 1.86. The lowest BCUT2D eigenvalue weighted by Crippen LogP contribution is -2.32. The van der Waals surface area contributed by atoms with Crippen LogP contribution in [0.1, 0.15) is 0 Å². The van der Waals surface area contributed by atoms with Crippen molar-refractivity contribution in [2.75, 3.05) is 30.0 Å². The van der Waals surface area contributed by atoms with Gasteiger partial charge in [-0.3, -0.25) is 4.79 Å². The summed E-state index contributed by atoms with van der Waals surface area (Å²) >= 11 is 1.51. The normalized spacial score (nSPS) is 15.4. The number of ether oxygens (including phenoxy) is 1. The lowest BCUT2D eigenvalue weighted by atomic mass is 10.2. The molecule has 1 aromatic carbocycles. The molecule has 4 nitrogen and oxygen atoms in total. The molecule has 1 amide bonds. The monoisotopic (exact) mass is 256 g/mol. The molecule has 0 atom stereocenters. The summed E-state index contributed by atoms with van der Waals surface area (Å²) in [6.45, 7) is 1.37. The van der Waals surface area contributed by atoms with E-state index in [-0.39, 0.29) is 11.6 Å². The number of carbonyl (C=O) groups is 1. The molecule has 17 heavy (non-hydrogen) atoms. The van der Waals surface area contributed by atoms with Gasteiger partial charge in [0.1, 0.15) is 5.82 Å². The van der Waals surface area contributed by atoms with Crippen molar-refractivity contribution >= 4 is 29.0 Å². The van der Waals surface area contributed by atoms with Crippen molar-refractivity contribution in [3.63, 3.8) is 0 Å². The number of hydrogen-bond acceptors (Lipinski definition) is 4. The largest absolute Gasteiger partial charge is 0.399 e. The number of carbonyl (C=O) groups excluding carboxylic acids is 1. The van der Waals surface area contributed by atoms with Crippen molar-refractivity contribution in [1.82, 2.24) is 0 Å². The predicted molar refractivity (Wildman–Crippen MR) is 66.5 cm³/mol. The third-order valence-corrected chi connectivity index (χ3v) is 3.49. The Hall–Kier alpha value is -1.27. The first-order valence-corrected chi connectivity index (χ1v) is 6.24. The molecule has 0 spiro atoms. The van der Waals surface area contributed by atoms with E-state index in [1.54, 1.807) is 0 Å². The van der Waals surface area contributed by atoms with Gasteiger partial charge in [-0.1, -0.05) is 0 Å². The zero-order valence-electron chi connectivity index (χ0n) is 9.11. The van der Waals surface area contributed by atoms with E-state index in [0.717, 1.165) is 0 Å². The molecule has 1 saturated heterocycles. The molecule has 0 aromatic heterocycles. The first-order valence-electron chi connectivity index (χ1n) is 5.19. The topological polar surface area (TPSA) is 64.3 Å². The van der Waals surface area contributed by atoms with Crippen LogP contribution in [0.25, 0.3) is 0 Å². The Labute approximate surface area is 103 Å². The lowest BCUT2D eigenvalue weighted by Gasteiger charge is -2.24. The van der Waals surface area contributed by atoms with E-state index in [2.05, 4.69) is 5.32 Å². The minimum atomic E-state index is -0.482. The van der Waals surface area contributed by atoms with Crippen LogP contribution in [0.2, 0.25) is 0 Å². The number of nitrogens with two attached hydrogens (primary N) is 1. The van der Waals surface area contributed by atoms with Crippen LogP contribution in [0.5, 0.6) is 0 Å². The number of halogens is 1. The molecular formula is C11H13FN2O2S. The molecule has 0 aliphatic carbocycles. The van der Waals surface area contributed by atoms with Gasteiger partial charge < -0.3 is 15.8 Å². The van der Waals surface area contributed by atoms with Crippen LogP contribution < -0.4 is 11.1 Å². The SMILES string of the molecule is Nc1ccc(F)c(NC(=O)CSC2COC2)c1. The van der Waals surface area contributed by atoms with Crippen molar-refractivity contribution in [2.45, 2.75) is 5.25 Å². The molecule has 1 heterocycles. The van der Waals surface area contributed by atoms with E-state index >= 15 is 0 Å². The van der Waals surface area contributed by atoms with Crippen LogP contribution in [-0.2, 0) is 9.53 Å². The average Bonchev–Trinajstić information content (AvgIpc) is 2.21. The Morgan fingerprint density at radius 1 is 1.59 bits per heavy atom. The number of nitrogen functional groups attached to an aromatic ring is 1. The van der Waals surface area contributed by atoms with Crippen LogP contribution in [0.15, 0.2) is 18.2 Å². The second-order valence-electron chi connectivity index (χ2n) is 3.76. The van der Waals surface area contributed by atoms with Crippen molar-refractivity contribution in [1.29, 1.82) is 0 Å². The van der Waals surface area contributed by atoms with Gasteiger partial charge in [0.2, 0.25) is 5.91 Å². The van der Waals surface area contributed by atoms with Gasteiger partial charge in [0.15, 0.2) is 0 Å². The fourth-order valence-electron chi connectivity index (χ4n) is 1.33. The maximum absolute atomic E-state index is 13.3. The first kappa shape index (κ1) is 12.2.